The maximum atomic E-state index is 12.3. The van der Waals surface area contributed by atoms with E-state index in [2.05, 4.69) is 0 Å². The van der Waals surface area contributed by atoms with Gasteiger partial charge >= 0.3 is 5.97 Å². The molecular formula is C12H19NO5. The number of carbonyl (C=O) groups is 2. The van der Waals surface area contributed by atoms with Crippen LogP contribution < -0.4 is 0 Å². The number of ether oxygens (including phenoxy) is 2. The highest BCUT2D eigenvalue weighted by molar-refractivity contribution is 5.85. The number of nitrogens with zero attached hydrogens (tertiary/aromatic N) is 1. The van der Waals surface area contributed by atoms with Crippen LogP contribution in [-0.2, 0) is 19.1 Å². The van der Waals surface area contributed by atoms with Crippen molar-refractivity contribution in [1.82, 2.24) is 4.90 Å². The molecule has 1 amide bonds. The fraction of sp³-hybridized carbons (Fsp3) is 0.833. The van der Waals surface area contributed by atoms with Gasteiger partial charge in [-0.3, -0.25) is 9.59 Å². The summed E-state index contributed by atoms with van der Waals surface area (Å²) in [6.07, 6.45) is 2.51. The number of rotatable bonds is 4. The Morgan fingerprint density at radius 3 is 2.44 bits per heavy atom. The van der Waals surface area contributed by atoms with Crippen LogP contribution >= 0.6 is 0 Å². The molecular weight excluding hydrogens is 238 g/mol. The Hall–Kier alpha value is -1.14. The number of amides is 1. The van der Waals surface area contributed by atoms with E-state index in [1.165, 1.54) is 4.90 Å². The number of hydrogen-bond donors (Lipinski definition) is 1. The SMILES string of the molecule is O=C(O)CN(C(=O)[C@@H]1CCCO1)C1CCOCC1. The number of carbonyl (C=O) groups excluding carboxylic acids is 1. The van der Waals surface area contributed by atoms with Crippen LogP contribution in [0.1, 0.15) is 25.7 Å². The van der Waals surface area contributed by atoms with Crippen molar-refractivity contribution < 1.29 is 24.2 Å². The van der Waals surface area contributed by atoms with Crippen molar-refractivity contribution in [3.63, 3.8) is 0 Å². The van der Waals surface area contributed by atoms with Crippen LogP contribution in [0.25, 0.3) is 0 Å². The van der Waals surface area contributed by atoms with Crippen molar-refractivity contribution in [3.8, 4) is 0 Å². The van der Waals surface area contributed by atoms with Crippen molar-refractivity contribution in [3.05, 3.63) is 0 Å². The summed E-state index contributed by atoms with van der Waals surface area (Å²) < 4.78 is 10.6. The lowest BCUT2D eigenvalue weighted by Crippen LogP contribution is -2.49. The predicted octanol–water partition coefficient (Wildman–Crippen LogP) is 0.258. The highest BCUT2D eigenvalue weighted by Gasteiger charge is 2.34. The largest absolute Gasteiger partial charge is 0.480 e. The van der Waals surface area contributed by atoms with Gasteiger partial charge < -0.3 is 19.5 Å². The first kappa shape index (κ1) is 13.3. The molecule has 102 valence electrons. The molecule has 0 spiro atoms. The van der Waals surface area contributed by atoms with E-state index in [0.717, 1.165) is 6.42 Å². The molecule has 1 atom stereocenters. The van der Waals surface area contributed by atoms with Gasteiger partial charge in [-0.25, -0.2) is 0 Å². The molecule has 6 nitrogen and oxygen atoms in total. The Morgan fingerprint density at radius 1 is 1.17 bits per heavy atom. The van der Waals surface area contributed by atoms with Crippen LogP contribution in [0.4, 0.5) is 0 Å². The normalized spacial score (nSPS) is 25.0. The van der Waals surface area contributed by atoms with E-state index in [-0.39, 0.29) is 18.5 Å². The van der Waals surface area contributed by atoms with E-state index in [0.29, 0.717) is 39.1 Å². The third-order valence-corrected chi connectivity index (χ3v) is 3.43. The zero-order valence-electron chi connectivity index (χ0n) is 10.3. The lowest BCUT2D eigenvalue weighted by atomic mass is 10.1. The highest BCUT2D eigenvalue weighted by atomic mass is 16.5. The van der Waals surface area contributed by atoms with Crippen LogP contribution in [0.15, 0.2) is 0 Å². The van der Waals surface area contributed by atoms with E-state index in [1.54, 1.807) is 0 Å². The lowest BCUT2D eigenvalue weighted by Gasteiger charge is -2.34. The van der Waals surface area contributed by atoms with Gasteiger partial charge in [-0.15, -0.1) is 0 Å². The van der Waals surface area contributed by atoms with Gasteiger partial charge in [-0.2, -0.15) is 0 Å². The molecule has 18 heavy (non-hydrogen) atoms. The first-order valence-corrected chi connectivity index (χ1v) is 6.40. The van der Waals surface area contributed by atoms with Crippen LogP contribution in [-0.4, -0.2) is 60.4 Å². The molecule has 0 aromatic heterocycles. The smallest absolute Gasteiger partial charge is 0.323 e. The number of carboxylic acids is 1. The van der Waals surface area contributed by atoms with Crippen molar-refractivity contribution >= 4 is 11.9 Å². The van der Waals surface area contributed by atoms with Crippen molar-refractivity contribution in [2.24, 2.45) is 0 Å². The fourth-order valence-corrected chi connectivity index (χ4v) is 2.49. The summed E-state index contributed by atoms with van der Waals surface area (Å²) >= 11 is 0. The quantitative estimate of drug-likeness (QED) is 0.781. The van der Waals surface area contributed by atoms with Crippen molar-refractivity contribution in [1.29, 1.82) is 0 Å². The molecule has 2 fully saturated rings. The molecule has 0 aliphatic carbocycles. The third-order valence-electron chi connectivity index (χ3n) is 3.43. The Morgan fingerprint density at radius 2 is 1.89 bits per heavy atom. The molecule has 2 saturated heterocycles. The summed E-state index contributed by atoms with van der Waals surface area (Å²) in [5.74, 6) is -1.16. The van der Waals surface area contributed by atoms with E-state index in [1.807, 2.05) is 0 Å². The summed E-state index contributed by atoms with van der Waals surface area (Å²) in [6, 6.07) is -0.0356. The van der Waals surface area contributed by atoms with Crippen LogP contribution in [0, 0.1) is 0 Å². The first-order valence-electron chi connectivity index (χ1n) is 6.40. The Labute approximate surface area is 106 Å². The fourth-order valence-electron chi connectivity index (χ4n) is 2.49. The molecule has 0 bridgehead atoms. The van der Waals surface area contributed by atoms with Gasteiger partial charge in [-0.1, -0.05) is 0 Å². The van der Waals surface area contributed by atoms with Gasteiger partial charge in [0.05, 0.1) is 0 Å². The van der Waals surface area contributed by atoms with Crippen molar-refractivity contribution in [2.45, 2.75) is 37.8 Å². The Balaban J connectivity index is 2.02. The maximum Gasteiger partial charge on any atom is 0.323 e. The molecule has 0 saturated carbocycles. The molecule has 6 heteroatoms. The summed E-state index contributed by atoms with van der Waals surface area (Å²) in [4.78, 5) is 24.6. The lowest BCUT2D eigenvalue weighted by molar-refractivity contribution is -0.153. The molecule has 2 heterocycles. The average molecular weight is 257 g/mol. The van der Waals surface area contributed by atoms with Crippen molar-refractivity contribution in [2.75, 3.05) is 26.4 Å². The van der Waals surface area contributed by atoms with Gasteiger partial charge in [0.25, 0.3) is 5.91 Å². The Kier molecular flexibility index (Phi) is 4.54. The van der Waals surface area contributed by atoms with Gasteiger partial charge in [0.1, 0.15) is 12.6 Å². The molecule has 0 radical (unpaired) electrons. The third kappa shape index (κ3) is 3.20. The molecule has 2 aliphatic rings. The number of carboxylic acid groups (broad SMARTS) is 1. The summed E-state index contributed by atoms with van der Waals surface area (Å²) in [6.45, 7) is 1.51. The molecule has 0 aromatic rings. The van der Waals surface area contributed by atoms with Gasteiger partial charge in [0.15, 0.2) is 0 Å². The second-order valence-corrected chi connectivity index (χ2v) is 4.71. The van der Waals surface area contributed by atoms with Gasteiger partial charge in [0.2, 0.25) is 0 Å². The van der Waals surface area contributed by atoms with E-state index < -0.39 is 12.1 Å². The zero-order valence-corrected chi connectivity index (χ0v) is 10.3. The topological polar surface area (TPSA) is 76.1 Å². The average Bonchev–Trinajstić information content (AvgIpc) is 2.90. The van der Waals surface area contributed by atoms with Gasteiger partial charge in [0, 0.05) is 25.9 Å². The standard InChI is InChI=1S/C12H19NO5/c14-11(15)8-13(9-3-6-17-7-4-9)12(16)10-2-1-5-18-10/h9-10H,1-8H2,(H,14,15)/t10-/m0/s1. The highest BCUT2D eigenvalue weighted by Crippen LogP contribution is 2.20. The molecule has 2 rings (SSSR count). The van der Waals surface area contributed by atoms with Gasteiger partial charge in [-0.05, 0) is 25.7 Å². The Bertz CT molecular complexity index is 308. The second kappa shape index (κ2) is 6.15. The van der Waals surface area contributed by atoms with Crippen LogP contribution in [0.2, 0.25) is 0 Å². The summed E-state index contributed by atoms with van der Waals surface area (Å²) in [7, 11) is 0. The molecule has 0 aromatic carbocycles. The zero-order chi connectivity index (χ0) is 13.0. The minimum absolute atomic E-state index is 0.0356. The minimum Gasteiger partial charge on any atom is -0.480 e. The predicted molar refractivity (Wildman–Crippen MR) is 62.2 cm³/mol. The molecule has 0 unspecified atom stereocenters. The van der Waals surface area contributed by atoms with E-state index >= 15 is 0 Å². The monoisotopic (exact) mass is 257 g/mol. The molecule has 1 N–H and O–H groups in total. The number of aliphatic carboxylic acids is 1. The number of hydrogen-bond acceptors (Lipinski definition) is 4. The van der Waals surface area contributed by atoms with E-state index in [4.69, 9.17) is 14.6 Å². The second-order valence-electron chi connectivity index (χ2n) is 4.71. The summed E-state index contributed by atoms with van der Waals surface area (Å²) in [5.41, 5.74) is 0. The van der Waals surface area contributed by atoms with E-state index in [9.17, 15) is 9.59 Å². The van der Waals surface area contributed by atoms with Crippen LogP contribution in [0.5, 0.6) is 0 Å². The molecule has 2 aliphatic heterocycles. The maximum absolute atomic E-state index is 12.3. The van der Waals surface area contributed by atoms with Crippen LogP contribution in [0.3, 0.4) is 0 Å². The summed E-state index contributed by atoms with van der Waals surface area (Å²) in [5, 5.41) is 8.94. The minimum atomic E-state index is -0.979. The first-order chi connectivity index (χ1) is 8.68.